The predicted octanol–water partition coefficient (Wildman–Crippen LogP) is 1.16. The first-order valence-electron chi connectivity index (χ1n) is 6.80. The minimum absolute atomic E-state index is 0.187. The van der Waals surface area contributed by atoms with Gasteiger partial charge in [0.2, 0.25) is 5.91 Å². The molecule has 5 nitrogen and oxygen atoms in total. The zero-order valence-electron chi connectivity index (χ0n) is 11.5. The molecule has 1 aliphatic rings. The Kier molecular flexibility index (Phi) is 3.84. The van der Waals surface area contributed by atoms with Gasteiger partial charge in [-0.25, -0.2) is 0 Å². The second-order valence-electron chi connectivity index (χ2n) is 4.99. The van der Waals surface area contributed by atoms with E-state index in [1.807, 2.05) is 35.0 Å². The predicted molar refractivity (Wildman–Crippen MR) is 82.3 cm³/mol. The number of carbonyl (C=O) groups is 1. The Morgan fingerprint density at radius 3 is 2.95 bits per heavy atom. The number of anilines is 1. The van der Waals surface area contributed by atoms with Crippen LogP contribution in [-0.4, -0.2) is 55.0 Å². The third-order valence-electron chi connectivity index (χ3n) is 3.55. The largest absolute Gasteiger partial charge is 0.355 e. The highest BCUT2D eigenvalue weighted by Crippen LogP contribution is 2.30. The van der Waals surface area contributed by atoms with E-state index in [9.17, 15) is 4.79 Å². The van der Waals surface area contributed by atoms with Gasteiger partial charge in [-0.15, -0.1) is 0 Å². The summed E-state index contributed by atoms with van der Waals surface area (Å²) in [5.74, 6) is 0.187. The number of piperazine rings is 1. The molecule has 1 N–H and O–H groups in total. The van der Waals surface area contributed by atoms with Crippen molar-refractivity contribution in [1.82, 2.24) is 14.6 Å². The molecule has 0 radical (unpaired) electrons. The van der Waals surface area contributed by atoms with E-state index in [4.69, 9.17) is 0 Å². The van der Waals surface area contributed by atoms with E-state index in [1.165, 1.54) is 11.5 Å². The molecule has 0 aliphatic carbocycles. The van der Waals surface area contributed by atoms with Crippen molar-refractivity contribution in [3.8, 4) is 0 Å². The second kappa shape index (κ2) is 5.76. The summed E-state index contributed by atoms with van der Waals surface area (Å²) in [5.41, 5.74) is 0.994. The van der Waals surface area contributed by atoms with Gasteiger partial charge in [0, 0.05) is 38.6 Å². The monoisotopic (exact) mass is 290 g/mol. The Bertz CT molecular complexity index is 606. The van der Waals surface area contributed by atoms with Crippen molar-refractivity contribution in [3.05, 3.63) is 24.3 Å². The van der Waals surface area contributed by atoms with Crippen molar-refractivity contribution in [3.63, 3.8) is 0 Å². The molecule has 1 amide bonds. The Morgan fingerprint density at radius 2 is 2.15 bits per heavy atom. The van der Waals surface area contributed by atoms with Gasteiger partial charge >= 0.3 is 0 Å². The van der Waals surface area contributed by atoms with Gasteiger partial charge in [0.15, 0.2) is 0 Å². The molecule has 2 aromatic rings. The molecule has 0 saturated carbocycles. The summed E-state index contributed by atoms with van der Waals surface area (Å²) < 4.78 is 4.42. The van der Waals surface area contributed by atoms with E-state index in [-0.39, 0.29) is 5.91 Å². The minimum Gasteiger partial charge on any atom is -0.355 e. The highest BCUT2D eigenvalue weighted by atomic mass is 32.1. The Morgan fingerprint density at radius 1 is 1.40 bits per heavy atom. The van der Waals surface area contributed by atoms with Crippen LogP contribution in [0, 0.1) is 0 Å². The minimum atomic E-state index is 0.187. The molecule has 6 heteroatoms. The molecule has 1 aromatic heterocycles. The summed E-state index contributed by atoms with van der Waals surface area (Å²) in [7, 11) is 1.96. The summed E-state index contributed by atoms with van der Waals surface area (Å²) in [6.07, 6.45) is 0. The van der Waals surface area contributed by atoms with Crippen molar-refractivity contribution in [2.75, 3.05) is 44.7 Å². The molecule has 1 aliphatic heterocycles. The summed E-state index contributed by atoms with van der Waals surface area (Å²) in [4.78, 5) is 16.2. The van der Waals surface area contributed by atoms with Crippen LogP contribution in [0.2, 0.25) is 0 Å². The SMILES string of the molecule is CN(CC(=O)N1CCNCC1)c1snc2ccccc12. The highest BCUT2D eigenvalue weighted by molar-refractivity contribution is 7.11. The molecule has 2 heterocycles. The number of aromatic nitrogens is 1. The molecule has 106 valence electrons. The van der Waals surface area contributed by atoms with E-state index in [0.717, 1.165) is 42.1 Å². The fourth-order valence-corrected chi connectivity index (χ4v) is 3.26. The van der Waals surface area contributed by atoms with Gasteiger partial charge in [0.1, 0.15) is 5.00 Å². The first-order valence-corrected chi connectivity index (χ1v) is 7.57. The van der Waals surface area contributed by atoms with Crippen LogP contribution in [0.25, 0.3) is 10.9 Å². The van der Waals surface area contributed by atoms with E-state index >= 15 is 0 Å². The standard InChI is InChI=1S/C14H18N4OS/c1-17(10-13(19)18-8-6-15-7-9-18)14-11-4-2-3-5-12(11)16-20-14/h2-5,15H,6-10H2,1H3. The zero-order chi connectivity index (χ0) is 13.9. The first kappa shape index (κ1) is 13.3. The van der Waals surface area contributed by atoms with E-state index < -0.39 is 0 Å². The van der Waals surface area contributed by atoms with Gasteiger partial charge in [0.25, 0.3) is 0 Å². The highest BCUT2D eigenvalue weighted by Gasteiger charge is 2.19. The Hall–Kier alpha value is -1.66. The van der Waals surface area contributed by atoms with Crippen molar-refractivity contribution >= 4 is 33.3 Å². The average Bonchev–Trinajstić information content (AvgIpc) is 2.92. The van der Waals surface area contributed by atoms with Crippen LogP contribution >= 0.6 is 11.5 Å². The Balaban J connectivity index is 1.72. The van der Waals surface area contributed by atoms with Crippen LogP contribution in [0.5, 0.6) is 0 Å². The molecule has 1 aromatic carbocycles. The maximum atomic E-state index is 12.3. The second-order valence-corrected chi connectivity index (χ2v) is 5.74. The van der Waals surface area contributed by atoms with E-state index in [1.54, 1.807) is 0 Å². The lowest BCUT2D eigenvalue weighted by molar-refractivity contribution is -0.130. The molecule has 0 bridgehead atoms. The van der Waals surface area contributed by atoms with Crippen molar-refractivity contribution in [1.29, 1.82) is 0 Å². The number of benzene rings is 1. The number of amides is 1. The molecule has 0 spiro atoms. The maximum Gasteiger partial charge on any atom is 0.242 e. The molecule has 0 unspecified atom stereocenters. The van der Waals surface area contributed by atoms with Crippen LogP contribution in [0.1, 0.15) is 0 Å². The molecule has 1 fully saturated rings. The van der Waals surface area contributed by atoms with E-state index in [0.29, 0.717) is 6.54 Å². The number of nitrogens with one attached hydrogen (secondary N) is 1. The zero-order valence-corrected chi connectivity index (χ0v) is 12.3. The van der Waals surface area contributed by atoms with Crippen molar-refractivity contribution in [2.24, 2.45) is 0 Å². The summed E-state index contributed by atoms with van der Waals surface area (Å²) >= 11 is 1.45. The molecular weight excluding hydrogens is 272 g/mol. The van der Waals surface area contributed by atoms with E-state index in [2.05, 4.69) is 15.8 Å². The van der Waals surface area contributed by atoms with Gasteiger partial charge in [0.05, 0.1) is 12.1 Å². The van der Waals surface area contributed by atoms with Gasteiger partial charge in [-0.1, -0.05) is 12.1 Å². The summed E-state index contributed by atoms with van der Waals surface area (Å²) in [5, 5.41) is 5.44. The van der Waals surface area contributed by atoms with Gasteiger partial charge in [-0.05, 0) is 23.7 Å². The number of nitrogens with zero attached hydrogens (tertiary/aromatic N) is 3. The normalized spacial score (nSPS) is 15.6. The fraction of sp³-hybridized carbons (Fsp3) is 0.429. The number of hydrogen-bond acceptors (Lipinski definition) is 5. The number of fused-ring (bicyclic) bond motifs is 1. The summed E-state index contributed by atoms with van der Waals surface area (Å²) in [6, 6.07) is 8.05. The fourth-order valence-electron chi connectivity index (χ4n) is 2.44. The van der Waals surface area contributed by atoms with Crippen LogP contribution < -0.4 is 10.2 Å². The van der Waals surface area contributed by atoms with Crippen molar-refractivity contribution in [2.45, 2.75) is 0 Å². The van der Waals surface area contributed by atoms with Gasteiger partial charge in [-0.2, -0.15) is 4.37 Å². The molecular formula is C14H18N4OS. The number of carbonyl (C=O) groups excluding carboxylic acids is 1. The molecule has 20 heavy (non-hydrogen) atoms. The van der Waals surface area contributed by atoms with Gasteiger partial charge in [-0.3, -0.25) is 4.79 Å². The third kappa shape index (κ3) is 2.62. The topological polar surface area (TPSA) is 48.5 Å². The van der Waals surface area contributed by atoms with Crippen LogP contribution in [0.4, 0.5) is 5.00 Å². The number of likely N-dealkylation sites (N-methyl/N-ethyl adjacent to an activating group) is 1. The smallest absolute Gasteiger partial charge is 0.242 e. The lowest BCUT2D eigenvalue weighted by atomic mass is 10.2. The molecule has 3 rings (SSSR count). The summed E-state index contributed by atoms with van der Waals surface area (Å²) in [6.45, 7) is 3.79. The average molecular weight is 290 g/mol. The molecule has 0 atom stereocenters. The van der Waals surface area contributed by atoms with Gasteiger partial charge < -0.3 is 15.1 Å². The third-order valence-corrected chi connectivity index (χ3v) is 4.55. The lowest BCUT2D eigenvalue weighted by Crippen LogP contribution is -2.49. The lowest BCUT2D eigenvalue weighted by Gasteiger charge is -2.29. The van der Waals surface area contributed by atoms with Crippen LogP contribution in [-0.2, 0) is 4.79 Å². The number of hydrogen-bond donors (Lipinski definition) is 1. The molecule has 1 saturated heterocycles. The van der Waals surface area contributed by atoms with Crippen LogP contribution in [0.15, 0.2) is 24.3 Å². The number of rotatable bonds is 3. The van der Waals surface area contributed by atoms with Crippen molar-refractivity contribution < 1.29 is 4.79 Å². The quantitative estimate of drug-likeness (QED) is 0.922. The maximum absolute atomic E-state index is 12.3. The van der Waals surface area contributed by atoms with Crippen LogP contribution in [0.3, 0.4) is 0 Å². The Labute approximate surface area is 122 Å². The first-order chi connectivity index (χ1) is 9.75.